The van der Waals surface area contributed by atoms with Crippen molar-refractivity contribution in [3.05, 3.63) is 170 Å². The Balaban J connectivity index is 1.31. The molecule has 0 aliphatic carbocycles. The number of nitrogens with zero attached hydrogens (tertiary/aromatic N) is 2. The van der Waals surface area contributed by atoms with E-state index in [1.54, 1.807) is 0 Å². The Kier molecular flexibility index (Phi) is 5.47. The molecule has 0 aliphatic rings. The minimum Gasteiger partial charge on any atom is -0.354 e. The lowest BCUT2D eigenvalue weighted by Crippen LogP contribution is -2.02. The van der Waals surface area contributed by atoms with E-state index in [0.717, 1.165) is 33.4 Å². The van der Waals surface area contributed by atoms with Gasteiger partial charge in [0.25, 0.3) is 0 Å². The van der Waals surface area contributed by atoms with Gasteiger partial charge < -0.3 is 19.1 Å². The number of hydrogen-bond donors (Lipinski definition) is 2. The third-order valence-corrected chi connectivity index (χ3v) is 11.2. The van der Waals surface area contributed by atoms with Gasteiger partial charge in [-0.05, 0) is 60.7 Å². The standard InChI is InChI=1S/C48H30N4/c1-7-19-39-29(13-1)35-25-37(47(27-41(35)49-39)51-43-21-9-3-15-31(43)32-16-4-10-22-44(32)51)38-26-36-30-14-2-8-20-40(30)50-42(36)28-48(38)52-45-23-11-5-17-33(45)34-18-6-12-24-46(34)52/h1-28,49-50H. The second kappa shape index (κ2) is 10.3. The Morgan fingerprint density at radius 3 is 0.942 bits per heavy atom. The molecule has 2 N–H and O–H groups in total. The zero-order chi connectivity index (χ0) is 33.9. The normalized spacial score (nSPS) is 12.2. The summed E-state index contributed by atoms with van der Waals surface area (Å²) in [5.41, 5.74) is 13.9. The van der Waals surface area contributed by atoms with Gasteiger partial charge in [-0.15, -0.1) is 0 Å². The molecule has 0 unspecified atom stereocenters. The fourth-order valence-corrected chi connectivity index (χ4v) is 8.94. The highest BCUT2D eigenvalue weighted by molar-refractivity contribution is 6.16. The molecule has 0 radical (unpaired) electrons. The first-order valence-electron chi connectivity index (χ1n) is 17.9. The molecule has 242 valence electrons. The molecule has 52 heavy (non-hydrogen) atoms. The maximum Gasteiger partial charge on any atom is 0.0562 e. The van der Waals surface area contributed by atoms with Gasteiger partial charge in [0.15, 0.2) is 0 Å². The van der Waals surface area contributed by atoms with Crippen molar-refractivity contribution in [2.75, 3.05) is 0 Å². The van der Waals surface area contributed by atoms with Crippen molar-refractivity contribution in [1.82, 2.24) is 19.1 Å². The molecule has 4 heteroatoms. The molecule has 0 amide bonds. The van der Waals surface area contributed by atoms with Crippen LogP contribution in [0.1, 0.15) is 0 Å². The summed E-state index contributed by atoms with van der Waals surface area (Å²) >= 11 is 0. The van der Waals surface area contributed by atoms with Crippen molar-refractivity contribution in [3.63, 3.8) is 0 Å². The van der Waals surface area contributed by atoms with Gasteiger partial charge in [0.1, 0.15) is 0 Å². The van der Waals surface area contributed by atoms with Gasteiger partial charge >= 0.3 is 0 Å². The molecule has 4 aromatic heterocycles. The van der Waals surface area contributed by atoms with Gasteiger partial charge in [-0.1, -0.05) is 109 Å². The molecule has 0 saturated heterocycles. The summed E-state index contributed by atoms with van der Waals surface area (Å²) in [6.07, 6.45) is 0. The van der Waals surface area contributed by atoms with Crippen LogP contribution in [-0.4, -0.2) is 19.1 Å². The van der Waals surface area contributed by atoms with E-state index >= 15 is 0 Å². The maximum atomic E-state index is 3.77. The molecular weight excluding hydrogens is 633 g/mol. The average Bonchev–Trinajstić information content (AvgIpc) is 3.94. The van der Waals surface area contributed by atoms with E-state index in [1.807, 2.05) is 0 Å². The second-order valence-corrected chi connectivity index (χ2v) is 13.9. The van der Waals surface area contributed by atoms with Gasteiger partial charge in [0.05, 0.1) is 33.4 Å². The molecule has 0 spiro atoms. The summed E-state index contributed by atoms with van der Waals surface area (Å²) in [6, 6.07) is 62.1. The SMILES string of the molecule is c1ccc2c(c1)[nH]c1cc(-n3c4ccccc4c4ccccc43)c(-c3cc4c(cc3-n3c5ccccc5c5ccccc53)[nH]c3ccccc34)cc12. The Morgan fingerprint density at radius 1 is 0.269 bits per heavy atom. The Labute approximate surface area is 297 Å². The van der Waals surface area contributed by atoms with Gasteiger partial charge in [-0.2, -0.15) is 0 Å². The molecule has 0 saturated carbocycles. The van der Waals surface area contributed by atoms with Crippen molar-refractivity contribution in [2.24, 2.45) is 0 Å². The van der Waals surface area contributed by atoms with Crippen molar-refractivity contribution >= 4 is 87.2 Å². The monoisotopic (exact) mass is 662 g/mol. The molecule has 4 heterocycles. The number of fused-ring (bicyclic) bond motifs is 12. The minimum atomic E-state index is 1.12. The summed E-state index contributed by atoms with van der Waals surface area (Å²) in [4.78, 5) is 7.54. The van der Waals surface area contributed by atoms with Crippen LogP contribution in [0, 0.1) is 0 Å². The minimum absolute atomic E-state index is 1.12. The van der Waals surface area contributed by atoms with E-state index in [2.05, 4.69) is 189 Å². The number of aromatic nitrogens is 4. The number of rotatable bonds is 3. The highest BCUT2D eigenvalue weighted by Crippen LogP contribution is 2.45. The van der Waals surface area contributed by atoms with Crippen LogP contribution in [0.4, 0.5) is 0 Å². The van der Waals surface area contributed by atoms with E-state index in [0.29, 0.717) is 0 Å². The average molecular weight is 663 g/mol. The molecule has 0 fully saturated rings. The number of nitrogens with one attached hydrogen (secondary N) is 2. The Bertz CT molecular complexity index is 3080. The highest BCUT2D eigenvalue weighted by Gasteiger charge is 2.23. The van der Waals surface area contributed by atoms with Gasteiger partial charge in [0.2, 0.25) is 0 Å². The molecule has 4 nitrogen and oxygen atoms in total. The zero-order valence-corrected chi connectivity index (χ0v) is 28.1. The summed E-state index contributed by atoms with van der Waals surface area (Å²) in [5.74, 6) is 0. The third kappa shape index (κ3) is 3.70. The largest absolute Gasteiger partial charge is 0.354 e. The number of para-hydroxylation sites is 6. The van der Waals surface area contributed by atoms with Crippen LogP contribution in [0.25, 0.3) is 110 Å². The van der Waals surface area contributed by atoms with Crippen molar-refractivity contribution in [2.45, 2.75) is 0 Å². The van der Waals surface area contributed by atoms with Gasteiger partial charge in [0, 0.05) is 76.3 Å². The fraction of sp³-hybridized carbons (Fsp3) is 0. The summed E-state index contributed by atoms with van der Waals surface area (Å²) in [5, 5.41) is 9.85. The maximum absolute atomic E-state index is 3.77. The van der Waals surface area contributed by atoms with Crippen molar-refractivity contribution < 1.29 is 0 Å². The Morgan fingerprint density at radius 2 is 0.577 bits per heavy atom. The van der Waals surface area contributed by atoms with Gasteiger partial charge in [-0.25, -0.2) is 0 Å². The number of benzene rings is 8. The lowest BCUT2D eigenvalue weighted by molar-refractivity contribution is 1.16. The van der Waals surface area contributed by atoms with Crippen LogP contribution in [0.15, 0.2) is 170 Å². The molecule has 12 aromatic rings. The quantitative estimate of drug-likeness (QED) is 0.189. The van der Waals surface area contributed by atoms with Crippen LogP contribution in [0.2, 0.25) is 0 Å². The molecule has 0 bridgehead atoms. The second-order valence-electron chi connectivity index (χ2n) is 13.9. The molecule has 0 atom stereocenters. The Hall–Kier alpha value is -7.04. The smallest absolute Gasteiger partial charge is 0.0562 e. The number of H-pyrrole nitrogens is 2. The molecular formula is C48H30N4. The fourth-order valence-electron chi connectivity index (χ4n) is 8.94. The molecule has 0 aliphatic heterocycles. The van der Waals surface area contributed by atoms with Crippen molar-refractivity contribution in [3.8, 4) is 22.5 Å². The summed E-state index contributed by atoms with van der Waals surface area (Å²) in [7, 11) is 0. The van der Waals surface area contributed by atoms with E-state index in [1.165, 1.54) is 76.3 Å². The summed E-state index contributed by atoms with van der Waals surface area (Å²) in [6.45, 7) is 0. The van der Waals surface area contributed by atoms with Crippen LogP contribution in [-0.2, 0) is 0 Å². The van der Waals surface area contributed by atoms with E-state index in [-0.39, 0.29) is 0 Å². The molecule has 8 aromatic carbocycles. The van der Waals surface area contributed by atoms with Crippen LogP contribution < -0.4 is 0 Å². The predicted molar refractivity (Wildman–Crippen MR) is 219 cm³/mol. The van der Waals surface area contributed by atoms with Crippen LogP contribution >= 0.6 is 0 Å². The first-order chi connectivity index (χ1) is 25.8. The first kappa shape index (κ1) is 27.7. The molecule has 12 rings (SSSR count). The summed E-state index contributed by atoms with van der Waals surface area (Å²) < 4.78 is 4.94. The lowest BCUT2D eigenvalue weighted by Gasteiger charge is -2.19. The topological polar surface area (TPSA) is 41.4 Å². The van der Waals surface area contributed by atoms with Crippen LogP contribution in [0.3, 0.4) is 0 Å². The number of aromatic amines is 2. The third-order valence-electron chi connectivity index (χ3n) is 11.2. The van der Waals surface area contributed by atoms with Gasteiger partial charge in [-0.3, -0.25) is 0 Å². The van der Waals surface area contributed by atoms with E-state index in [4.69, 9.17) is 0 Å². The van der Waals surface area contributed by atoms with Crippen molar-refractivity contribution in [1.29, 1.82) is 0 Å². The number of hydrogen-bond acceptors (Lipinski definition) is 0. The van der Waals surface area contributed by atoms with E-state index < -0.39 is 0 Å². The predicted octanol–water partition coefficient (Wildman–Crippen LogP) is 12.8. The first-order valence-corrected chi connectivity index (χ1v) is 17.9. The lowest BCUT2D eigenvalue weighted by atomic mass is 9.96. The highest BCUT2D eigenvalue weighted by atomic mass is 15.0. The van der Waals surface area contributed by atoms with E-state index in [9.17, 15) is 0 Å². The van der Waals surface area contributed by atoms with Crippen LogP contribution in [0.5, 0.6) is 0 Å². The zero-order valence-electron chi connectivity index (χ0n) is 28.1.